The Labute approximate surface area is 101 Å². The molecule has 1 fully saturated rings. The summed E-state index contributed by atoms with van der Waals surface area (Å²) in [6.07, 6.45) is 1.55. The molecule has 1 N–H and O–H groups in total. The van der Waals surface area contributed by atoms with Crippen LogP contribution < -0.4 is 5.32 Å². The minimum atomic E-state index is 0.346. The van der Waals surface area contributed by atoms with Gasteiger partial charge in [-0.3, -0.25) is 0 Å². The SMILES string of the molecule is CC(NCCC(C)(C)C)C1CN(C)CCO1. The van der Waals surface area contributed by atoms with E-state index in [1.165, 1.54) is 6.42 Å². The zero-order valence-corrected chi connectivity index (χ0v) is 11.5. The van der Waals surface area contributed by atoms with Gasteiger partial charge in [-0.05, 0) is 32.4 Å². The monoisotopic (exact) mass is 228 g/mol. The molecule has 0 saturated carbocycles. The van der Waals surface area contributed by atoms with E-state index >= 15 is 0 Å². The fourth-order valence-corrected chi connectivity index (χ4v) is 1.92. The fraction of sp³-hybridized carbons (Fsp3) is 1.00. The van der Waals surface area contributed by atoms with Crippen LogP contribution in [0.1, 0.15) is 34.1 Å². The Kier molecular flexibility index (Phi) is 5.22. The van der Waals surface area contributed by atoms with Crippen LogP contribution in [0.5, 0.6) is 0 Å². The highest BCUT2D eigenvalue weighted by Gasteiger charge is 2.23. The van der Waals surface area contributed by atoms with Crippen molar-refractivity contribution in [1.82, 2.24) is 10.2 Å². The summed E-state index contributed by atoms with van der Waals surface area (Å²) in [6, 6.07) is 0.449. The lowest BCUT2D eigenvalue weighted by atomic mass is 9.92. The van der Waals surface area contributed by atoms with Crippen LogP contribution in [-0.4, -0.2) is 50.3 Å². The summed E-state index contributed by atoms with van der Waals surface area (Å²) >= 11 is 0. The van der Waals surface area contributed by atoms with Gasteiger partial charge in [-0.1, -0.05) is 20.8 Å². The van der Waals surface area contributed by atoms with Gasteiger partial charge in [0.05, 0.1) is 12.7 Å². The van der Waals surface area contributed by atoms with E-state index in [-0.39, 0.29) is 0 Å². The summed E-state index contributed by atoms with van der Waals surface area (Å²) in [6.45, 7) is 13.1. The van der Waals surface area contributed by atoms with Crippen LogP contribution in [0, 0.1) is 5.41 Å². The minimum Gasteiger partial charge on any atom is -0.374 e. The molecule has 0 aromatic carbocycles. The van der Waals surface area contributed by atoms with Crippen molar-refractivity contribution in [2.24, 2.45) is 5.41 Å². The van der Waals surface area contributed by atoms with E-state index < -0.39 is 0 Å². The van der Waals surface area contributed by atoms with Gasteiger partial charge in [0.2, 0.25) is 0 Å². The van der Waals surface area contributed by atoms with Gasteiger partial charge in [-0.2, -0.15) is 0 Å². The summed E-state index contributed by atoms with van der Waals surface area (Å²) in [4.78, 5) is 2.34. The van der Waals surface area contributed by atoms with Gasteiger partial charge in [0, 0.05) is 19.1 Å². The fourth-order valence-electron chi connectivity index (χ4n) is 1.92. The molecular weight excluding hydrogens is 200 g/mol. The third-order valence-electron chi connectivity index (χ3n) is 3.20. The smallest absolute Gasteiger partial charge is 0.0852 e. The largest absolute Gasteiger partial charge is 0.374 e. The second-order valence-electron chi connectivity index (χ2n) is 6.22. The highest BCUT2D eigenvalue weighted by molar-refractivity contribution is 4.79. The van der Waals surface area contributed by atoms with E-state index in [0.29, 0.717) is 17.6 Å². The number of likely N-dealkylation sites (N-methyl/N-ethyl adjacent to an activating group) is 1. The second-order valence-corrected chi connectivity index (χ2v) is 6.22. The van der Waals surface area contributed by atoms with Gasteiger partial charge < -0.3 is 15.0 Å². The number of rotatable bonds is 4. The zero-order valence-electron chi connectivity index (χ0n) is 11.5. The molecule has 1 aliphatic rings. The highest BCUT2D eigenvalue weighted by Crippen LogP contribution is 2.17. The molecule has 3 nitrogen and oxygen atoms in total. The number of nitrogens with zero attached hydrogens (tertiary/aromatic N) is 1. The predicted molar refractivity (Wildman–Crippen MR) is 68.8 cm³/mol. The number of ether oxygens (including phenoxy) is 1. The van der Waals surface area contributed by atoms with Crippen molar-refractivity contribution in [1.29, 1.82) is 0 Å². The van der Waals surface area contributed by atoms with E-state index in [0.717, 1.165) is 26.2 Å². The molecule has 3 heteroatoms. The maximum absolute atomic E-state index is 5.79. The molecule has 0 amide bonds. The lowest BCUT2D eigenvalue weighted by molar-refractivity contribution is -0.0355. The number of nitrogens with one attached hydrogen (secondary N) is 1. The topological polar surface area (TPSA) is 24.5 Å². The van der Waals surface area contributed by atoms with Crippen molar-refractivity contribution in [2.75, 3.05) is 33.3 Å². The van der Waals surface area contributed by atoms with Crippen LogP contribution in [0.3, 0.4) is 0 Å². The first kappa shape index (κ1) is 13.9. The van der Waals surface area contributed by atoms with Gasteiger partial charge in [0.1, 0.15) is 0 Å². The standard InChI is InChI=1S/C13H28N2O/c1-11(14-7-6-13(2,3)4)12-10-15(5)8-9-16-12/h11-12,14H,6-10H2,1-5H3. The lowest BCUT2D eigenvalue weighted by Crippen LogP contribution is -2.50. The van der Waals surface area contributed by atoms with Gasteiger partial charge in [0.15, 0.2) is 0 Å². The molecule has 0 aliphatic carbocycles. The van der Waals surface area contributed by atoms with Crippen molar-refractivity contribution in [2.45, 2.75) is 46.3 Å². The maximum Gasteiger partial charge on any atom is 0.0852 e. The average molecular weight is 228 g/mol. The van der Waals surface area contributed by atoms with Crippen molar-refractivity contribution >= 4 is 0 Å². The molecule has 0 bridgehead atoms. The quantitative estimate of drug-likeness (QED) is 0.793. The van der Waals surface area contributed by atoms with E-state index in [1.54, 1.807) is 0 Å². The second kappa shape index (κ2) is 5.99. The first-order chi connectivity index (χ1) is 7.38. The number of morpholine rings is 1. The van der Waals surface area contributed by atoms with Crippen LogP contribution in [0.15, 0.2) is 0 Å². The molecule has 1 rings (SSSR count). The summed E-state index contributed by atoms with van der Waals surface area (Å²) in [5.41, 5.74) is 0.414. The van der Waals surface area contributed by atoms with Crippen LogP contribution in [0.25, 0.3) is 0 Å². The summed E-state index contributed by atoms with van der Waals surface area (Å²) < 4.78 is 5.79. The first-order valence-corrected chi connectivity index (χ1v) is 6.42. The molecule has 16 heavy (non-hydrogen) atoms. The van der Waals surface area contributed by atoms with Crippen molar-refractivity contribution in [3.05, 3.63) is 0 Å². The Morgan fingerprint density at radius 2 is 2.12 bits per heavy atom. The van der Waals surface area contributed by atoms with Crippen LogP contribution >= 0.6 is 0 Å². The van der Waals surface area contributed by atoms with Crippen molar-refractivity contribution < 1.29 is 4.74 Å². The Morgan fingerprint density at radius 1 is 1.44 bits per heavy atom. The molecule has 0 radical (unpaired) electrons. The van der Waals surface area contributed by atoms with Crippen LogP contribution in [-0.2, 0) is 4.74 Å². The molecule has 2 atom stereocenters. The van der Waals surface area contributed by atoms with Gasteiger partial charge in [-0.15, -0.1) is 0 Å². The first-order valence-electron chi connectivity index (χ1n) is 6.42. The van der Waals surface area contributed by atoms with Gasteiger partial charge in [0.25, 0.3) is 0 Å². The Balaban J connectivity index is 2.21. The van der Waals surface area contributed by atoms with Crippen molar-refractivity contribution in [3.63, 3.8) is 0 Å². The third-order valence-corrected chi connectivity index (χ3v) is 3.20. The molecule has 0 aromatic heterocycles. The number of hydrogen-bond acceptors (Lipinski definition) is 3. The molecule has 2 unspecified atom stereocenters. The van der Waals surface area contributed by atoms with E-state index in [4.69, 9.17) is 4.74 Å². The van der Waals surface area contributed by atoms with Crippen molar-refractivity contribution in [3.8, 4) is 0 Å². The molecular formula is C13H28N2O. The zero-order chi connectivity index (χ0) is 12.2. The predicted octanol–water partition coefficient (Wildman–Crippen LogP) is 1.73. The van der Waals surface area contributed by atoms with Gasteiger partial charge >= 0.3 is 0 Å². The molecule has 0 spiro atoms. The van der Waals surface area contributed by atoms with E-state index in [1.807, 2.05) is 0 Å². The average Bonchev–Trinajstić information content (AvgIpc) is 2.15. The molecule has 96 valence electrons. The normalized spacial score (nSPS) is 25.7. The maximum atomic E-state index is 5.79. The Morgan fingerprint density at radius 3 is 2.69 bits per heavy atom. The summed E-state index contributed by atoms with van der Waals surface area (Å²) in [7, 11) is 2.16. The summed E-state index contributed by atoms with van der Waals surface area (Å²) in [5.74, 6) is 0. The van der Waals surface area contributed by atoms with Crippen LogP contribution in [0.2, 0.25) is 0 Å². The Bertz CT molecular complexity index is 201. The molecule has 1 heterocycles. The van der Waals surface area contributed by atoms with E-state index in [9.17, 15) is 0 Å². The number of hydrogen-bond donors (Lipinski definition) is 1. The lowest BCUT2D eigenvalue weighted by Gasteiger charge is -2.34. The summed E-state index contributed by atoms with van der Waals surface area (Å²) in [5, 5.41) is 3.58. The van der Waals surface area contributed by atoms with E-state index in [2.05, 4.69) is 45.0 Å². The molecule has 0 aromatic rings. The third kappa shape index (κ3) is 5.28. The highest BCUT2D eigenvalue weighted by atomic mass is 16.5. The molecule has 1 aliphatic heterocycles. The van der Waals surface area contributed by atoms with Crippen LogP contribution in [0.4, 0.5) is 0 Å². The Hall–Kier alpha value is -0.120. The van der Waals surface area contributed by atoms with Gasteiger partial charge in [-0.25, -0.2) is 0 Å². The minimum absolute atomic E-state index is 0.346. The molecule has 1 saturated heterocycles.